The Balaban J connectivity index is 1.74. The summed E-state index contributed by atoms with van der Waals surface area (Å²) in [6, 6.07) is 15.4. The van der Waals surface area contributed by atoms with E-state index in [4.69, 9.17) is 4.74 Å². The van der Waals surface area contributed by atoms with E-state index >= 15 is 0 Å². The lowest BCUT2D eigenvalue weighted by Crippen LogP contribution is -2.25. The van der Waals surface area contributed by atoms with Crippen LogP contribution in [-0.2, 0) is 23.4 Å². The van der Waals surface area contributed by atoms with Crippen LogP contribution in [0.25, 0.3) is 0 Å². The smallest absolute Gasteiger partial charge is 0.407 e. The van der Waals surface area contributed by atoms with Gasteiger partial charge in [-0.1, -0.05) is 58.4 Å². The Morgan fingerprint density at radius 3 is 2.60 bits per heavy atom. The molecular formula is C20H24BrNO3. The quantitative estimate of drug-likeness (QED) is 0.664. The summed E-state index contributed by atoms with van der Waals surface area (Å²) in [6.07, 6.45) is 1.17. The summed E-state index contributed by atoms with van der Waals surface area (Å²) >= 11 is 3.54. The maximum atomic E-state index is 11.7. The Bertz CT molecular complexity index is 696. The number of halogens is 1. The third kappa shape index (κ3) is 6.52. The minimum Gasteiger partial charge on any atom is -0.445 e. The number of hydrogen-bond donors (Lipinski definition) is 2. The van der Waals surface area contributed by atoms with Gasteiger partial charge in [0.15, 0.2) is 0 Å². The first-order valence-corrected chi connectivity index (χ1v) is 9.11. The van der Waals surface area contributed by atoms with Crippen molar-refractivity contribution in [2.45, 2.75) is 38.9 Å². The lowest BCUT2D eigenvalue weighted by atomic mass is 9.95. The van der Waals surface area contributed by atoms with Gasteiger partial charge in [-0.05, 0) is 49.4 Å². The minimum atomic E-state index is -0.866. The molecule has 0 fully saturated rings. The second kappa shape index (κ2) is 9.02. The van der Waals surface area contributed by atoms with E-state index in [1.165, 1.54) is 0 Å². The molecule has 0 unspecified atom stereocenters. The van der Waals surface area contributed by atoms with Gasteiger partial charge in [0, 0.05) is 11.0 Å². The standard InChI is InChI=1S/C20H24BrNO3/c1-20(2,24)17-10-11-18(21)16(13-17)9-6-12-22-19(23)25-14-15-7-4-3-5-8-15/h3-5,7-8,10-11,13,24H,6,9,12,14H2,1-2H3,(H,22,23). The molecule has 5 heteroatoms. The van der Waals surface area contributed by atoms with E-state index in [9.17, 15) is 9.90 Å². The molecule has 0 saturated heterocycles. The summed E-state index contributed by atoms with van der Waals surface area (Å²) in [5, 5.41) is 12.9. The minimum absolute atomic E-state index is 0.270. The molecule has 0 heterocycles. The van der Waals surface area contributed by atoms with Gasteiger partial charge < -0.3 is 15.2 Å². The fourth-order valence-electron chi connectivity index (χ4n) is 2.39. The van der Waals surface area contributed by atoms with Crippen molar-refractivity contribution in [1.82, 2.24) is 5.32 Å². The third-order valence-electron chi connectivity index (χ3n) is 3.86. The highest BCUT2D eigenvalue weighted by Crippen LogP contribution is 2.26. The van der Waals surface area contributed by atoms with Gasteiger partial charge in [-0.25, -0.2) is 4.79 Å². The Labute approximate surface area is 157 Å². The molecule has 0 radical (unpaired) electrons. The van der Waals surface area contributed by atoms with E-state index in [1.807, 2.05) is 48.5 Å². The molecule has 0 atom stereocenters. The van der Waals surface area contributed by atoms with Crippen molar-refractivity contribution < 1.29 is 14.6 Å². The predicted molar refractivity (Wildman–Crippen MR) is 102 cm³/mol. The Morgan fingerprint density at radius 2 is 1.92 bits per heavy atom. The number of aryl methyl sites for hydroxylation is 1. The van der Waals surface area contributed by atoms with Crippen molar-refractivity contribution >= 4 is 22.0 Å². The summed E-state index contributed by atoms with van der Waals surface area (Å²) in [5.74, 6) is 0. The molecule has 2 rings (SSSR count). The fourth-order valence-corrected chi connectivity index (χ4v) is 2.84. The van der Waals surface area contributed by atoms with Crippen LogP contribution in [0.15, 0.2) is 53.0 Å². The highest BCUT2D eigenvalue weighted by atomic mass is 79.9. The van der Waals surface area contributed by atoms with Gasteiger partial charge in [-0.3, -0.25) is 0 Å². The van der Waals surface area contributed by atoms with Gasteiger partial charge in [0.2, 0.25) is 0 Å². The lowest BCUT2D eigenvalue weighted by Gasteiger charge is -2.19. The van der Waals surface area contributed by atoms with Gasteiger partial charge in [-0.15, -0.1) is 0 Å². The fraction of sp³-hybridized carbons (Fsp3) is 0.350. The van der Waals surface area contributed by atoms with Crippen LogP contribution in [0.4, 0.5) is 4.79 Å². The number of carbonyl (C=O) groups is 1. The van der Waals surface area contributed by atoms with Crippen LogP contribution in [0.2, 0.25) is 0 Å². The van der Waals surface area contributed by atoms with E-state index in [1.54, 1.807) is 13.8 Å². The van der Waals surface area contributed by atoms with Crippen molar-refractivity contribution in [3.8, 4) is 0 Å². The number of carbonyl (C=O) groups excluding carboxylic acids is 1. The second-order valence-corrected chi connectivity index (χ2v) is 7.31. The van der Waals surface area contributed by atoms with Gasteiger partial charge in [0.25, 0.3) is 0 Å². The monoisotopic (exact) mass is 405 g/mol. The number of benzene rings is 2. The van der Waals surface area contributed by atoms with E-state index < -0.39 is 11.7 Å². The highest BCUT2D eigenvalue weighted by molar-refractivity contribution is 9.10. The first-order valence-electron chi connectivity index (χ1n) is 8.32. The molecule has 134 valence electrons. The van der Waals surface area contributed by atoms with Gasteiger partial charge >= 0.3 is 6.09 Å². The molecule has 0 spiro atoms. The number of alkyl carbamates (subject to hydrolysis) is 1. The van der Waals surface area contributed by atoms with E-state index in [0.717, 1.165) is 34.0 Å². The van der Waals surface area contributed by atoms with E-state index in [0.29, 0.717) is 6.54 Å². The van der Waals surface area contributed by atoms with Gasteiger partial charge in [0.05, 0.1) is 5.60 Å². The molecule has 2 aromatic carbocycles. The lowest BCUT2D eigenvalue weighted by molar-refractivity contribution is 0.0785. The normalized spacial score (nSPS) is 11.2. The van der Waals surface area contributed by atoms with Crippen molar-refractivity contribution in [2.75, 3.05) is 6.54 Å². The van der Waals surface area contributed by atoms with Crippen molar-refractivity contribution in [3.05, 3.63) is 69.7 Å². The molecule has 0 bridgehead atoms. The van der Waals surface area contributed by atoms with Crippen LogP contribution >= 0.6 is 15.9 Å². The Kier molecular flexibility index (Phi) is 7.02. The summed E-state index contributed by atoms with van der Waals surface area (Å²) in [5.41, 5.74) is 2.08. The Hall–Kier alpha value is -1.85. The number of rotatable bonds is 7. The second-order valence-electron chi connectivity index (χ2n) is 6.46. The molecular weight excluding hydrogens is 382 g/mol. The number of amides is 1. The molecule has 25 heavy (non-hydrogen) atoms. The third-order valence-corrected chi connectivity index (χ3v) is 4.63. The average molecular weight is 406 g/mol. The summed E-state index contributed by atoms with van der Waals surface area (Å²) in [4.78, 5) is 11.7. The molecule has 2 N–H and O–H groups in total. The van der Waals surface area contributed by atoms with Crippen molar-refractivity contribution in [3.63, 3.8) is 0 Å². The number of hydrogen-bond acceptors (Lipinski definition) is 3. The van der Waals surface area contributed by atoms with Crippen LogP contribution in [0.3, 0.4) is 0 Å². The topological polar surface area (TPSA) is 58.6 Å². The van der Waals surface area contributed by atoms with Crippen LogP contribution < -0.4 is 5.32 Å². The predicted octanol–water partition coefficient (Wildman–Crippen LogP) is 4.54. The zero-order valence-electron chi connectivity index (χ0n) is 14.6. The van der Waals surface area contributed by atoms with Gasteiger partial charge in [-0.2, -0.15) is 0 Å². The highest BCUT2D eigenvalue weighted by Gasteiger charge is 2.16. The van der Waals surface area contributed by atoms with Crippen LogP contribution in [-0.4, -0.2) is 17.7 Å². The van der Waals surface area contributed by atoms with Crippen molar-refractivity contribution in [1.29, 1.82) is 0 Å². The summed E-state index contributed by atoms with van der Waals surface area (Å²) in [6.45, 7) is 4.34. The zero-order chi connectivity index (χ0) is 18.3. The zero-order valence-corrected chi connectivity index (χ0v) is 16.2. The first-order chi connectivity index (χ1) is 11.9. The van der Waals surface area contributed by atoms with Gasteiger partial charge in [0.1, 0.15) is 6.61 Å². The SMILES string of the molecule is CC(C)(O)c1ccc(Br)c(CCCNC(=O)OCc2ccccc2)c1. The number of nitrogens with one attached hydrogen (secondary N) is 1. The molecule has 0 aliphatic rings. The van der Waals surface area contributed by atoms with Crippen LogP contribution in [0, 0.1) is 0 Å². The molecule has 4 nitrogen and oxygen atoms in total. The van der Waals surface area contributed by atoms with Crippen molar-refractivity contribution in [2.24, 2.45) is 0 Å². The maximum Gasteiger partial charge on any atom is 0.407 e. The molecule has 0 aliphatic heterocycles. The molecule has 0 aliphatic carbocycles. The number of aliphatic hydroxyl groups is 1. The molecule has 1 amide bonds. The van der Waals surface area contributed by atoms with Crippen LogP contribution in [0.5, 0.6) is 0 Å². The summed E-state index contributed by atoms with van der Waals surface area (Å²) in [7, 11) is 0. The molecule has 2 aromatic rings. The molecule has 0 saturated carbocycles. The average Bonchev–Trinajstić information content (AvgIpc) is 2.58. The summed E-state index contributed by atoms with van der Waals surface area (Å²) < 4.78 is 6.18. The van der Waals surface area contributed by atoms with Crippen LogP contribution in [0.1, 0.15) is 37.0 Å². The first kappa shape index (κ1) is 19.5. The van der Waals surface area contributed by atoms with E-state index in [2.05, 4.69) is 21.2 Å². The maximum absolute atomic E-state index is 11.7. The molecule has 0 aromatic heterocycles. The van der Waals surface area contributed by atoms with E-state index in [-0.39, 0.29) is 6.61 Å². The number of ether oxygens (including phenoxy) is 1. The largest absolute Gasteiger partial charge is 0.445 e. The Morgan fingerprint density at radius 1 is 1.20 bits per heavy atom.